The molecule has 0 unspecified atom stereocenters. The fourth-order valence-corrected chi connectivity index (χ4v) is 4.99. The summed E-state index contributed by atoms with van der Waals surface area (Å²) in [6.07, 6.45) is -0.282. The van der Waals surface area contributed by atoms with Crippen molar-refractivity contribution >= 4 is 22.4 Å². The van der Waals surface area contributed by atoms with Gasteiger partial charge in [0.1, 0.15) is 0 Å². The summed E-state index contributed by atoms with van der Waals surface area (Å²) in [5.41, 5.74) is 3.11. The zero-order valence-electron chi connectivity index (χ0n) is 17.2. The molecule has 0 nitrogen and oxygen atoms in total. The number of hydrogen-bond donors (Lipinski definition) is 0. The van der Waals surface area contributed by atoms with Gasteiger partial charge in [-0.2, -0.15) is 13.2 Å². The van der Waals surface area contributed by atoms with Gasteiger partial charge in [0.2, 0.25) is 6.43 Å². The fraction of sp³-hybridized carbons (Fsp3) is 0.259. The van der Waals surface area contributed by atoms with Gasteiger partial charge in [0, 0.05) is 12.3 Å². The lowest BCUT2D eigenvalue weighted by atomic mass is 9.78. The molecule has 5 rings (SSSR count). The lowest BCUT2D eigenvalue weighted by Crippen LogP contribution is -2.34. The highest BCUT2D eigenvalue weighted by Crippen LogP contribution is 2.35. The van der Waals surface area contributed by atoms with Crippen LogP contribution < -0.4 is 10.4 Å². The molecule has 2 aliphatic rings. The largest absolute Gasteiger partial charge is 0.416 e. The first-order valence-electron chi connectivity index (χ1n) is 10.7. The lowest BCUT2D eigenvalue weighted by molar-refractivity contribution is -0.137. The van der Waals surface area contributed by atoms with E-state index in [1.54, 1.807) is 0 Å². The maximum absolute atomic E-state index is 12.8. The Kier molecular flexibility index (Phi) is 5.15. The second-order valence-corrected chi connectivity index (χ2v) is 8.53. The average molecular weight is 440 g/mol. The van der Waals surface area contributed by atoms with Gasteiger partial charge in [-0.1, -0.05) is 59.7 Å². The molecule has 0 saturated carbocycles. The van der Waals surface area contributed by atoms with E-state index in [2.05, 4.69) is 12.1 Å². The van der Waals surface area contributed by atoms with E-state index < -0.39 is 18.2 Å². The average Bonchev–Trinajstić information content (AvgIpc) is 2.77. The first kappa shape index (κ1) is 20.9. The van der Waals surface area contributed by atoms with Crippen molar-refractivity contribution in [2.24, 2.45) is 5.92 Å². The summed E-state index contributed by atoms with van der Waals surface area (Å²) < 4.78 is 64.1. The number of alkyl halides is 5. The molecule has 0 amide bonds. The van der Waals surface area contributed by atoms with Crippen LogP contribution in [0, 0.1) is 5.92 Å². The Morgan fingerprint density at radius 3 is 2.34 bits per heavy atom. The van der Waals surface area contributed by atoms with Crippen molar-refractivity contribution in [2.75, 3.05) is 0 Å². The molecule has 5 heteroatoms. The van der Waals surface area contributed by atoms with Crippen LogP contribution in [0.15, 0.2) is 66.2 Å². The standard InChI is InChI=1S/C27H21F5/c28-26(29)14-16-1-9-22-19(13-16)5-11-25-23-10-4-18(15-20(23)6-12-24(22)25)17-2-7-21(8-3-17)27(30,31)32/h2-4,6-8,10-13,15,19,26H,1,5,9,14H2/t19-/m0/s1. The van der Waals surface area contributed by atoms with Crippen molar-refractivity contribution in [3.63, 3.8) is 0 Å². The van der Waals surface area contributed by atoms with Crippen LogP contribution in [0.5, 0.6) is 0 Å². The molecule has 0 saturated heterocycles. The van der Waals surface area contributed by atoms with Gasteiger partial charge in [0.25, 0.3) is 0 Å². The summed E-state index contributed by atoms with van der Waals surface area (Å²) in [5, 5.41) is 4.48. The van der Waals surface area contributed by atoms with E-state index in [0.29, 0.717) is 6.42 Å². The summed E-state index contributed by atoms with van der Waals surface area (Å²) in [6.45, 7) is 0. The molecule has 3 aromatic rings. The van der Waals surface area contributed by atoms with Crippen molar-refractivity contribution in [1.82, 2.24) is 0 Å². The van der Waals surface area contributed by atoms with Crippen LogP contribution in [0.3, 0.4) is 0 Å². The molecule has 0 bridgehead atoms. The Balaban J connectivity index is 1.53. The quantitative estimate of drug-likeness (QED) is 0.309. The van der Waals surface area contributed by atoms with E-state index in [9.17, 15) is 22.0 Å². The monoisotopic (exact) mass is 440 g/mol. The molecule has 0 heterocycles. The van der Waals surface area contributed by atoms with Crippen LogP contribution in [0.2, 0.25) is 0 Å². The highest BCUT2D eigenvalue weighted by atomic mass is 19.4. The van der Waals surface area contributed by atoms with Crippen molar-refractivity contribution in [3.05, 3.63) is 82.2 Å². The molecule has 164 valence electrons. The Morgan fingerprint density at radius 2 is 1.62 bits per heavy atom. The van der Waals surface area contributed by atoms with E-state index >= 15 is 0 Å². The Hall–Kier alpha value is -2.95. The van der Waals surface area contributed by atoms with Gasteiger partial charge in [-0.3, -0.25) is 0 Å². The third-order valence-electron chi connectivity index (χ3n) is 6.55. The van der Waals surface area contributed by atoms with E-state index in [-0.39, 0.29) is 12.3 Å². The Labute approximate surface area is 182 Å². The number of hydrogen-bond acceptors (Lipinski definition) is 0. The van der Waals surface area contributed by atoms with Crippen LogP contribution in [0.1, 0.15) is 31.2 Å². The third-order valence-corrected chi connectivity index (χ3v) is 6.55. The maximum atomic E-state index is 12.8. The van der Waals surface area contributed by atoms with Gasteiger partial charge >= 0.3 is 6.18 Å². The summed E-state index contributed by atoms with van der Waals surface area (Å²) in [6, 6.07) is 15.3. The van der Waals surface area contributed by atoms with Crippen LogP contribution in [0.25, 0.3) is 33.5 Å². The van der Waals surface area contributed by atoms with Crippen molar-refractivity contribution < 1.29 is 22.0 Å². The van der Waals surface area contributed by atoms with Crippen molar-refractivity contribution in [1.29, 1.82) is 0 Å². The van der Waals surface area contributed by atoms with Gasteiger partial charge in [0.05, 0.1) is 5.56 Å². The number of benzene rings is 3. The minimum Gasteiger partial charge on any atom is -0.210 e. The van der Waals surface area contributed by atoms with Gasteiger partial charge in [-0.05, 0) is 69.8 Å². The first-order chi connectivity index (χ1) is 15.3. The molecule has 2 aliphatic carbocycles. The molecule has 0 radical (unpaired) electrons. The van der Waals surface area contributed by atoms with E-state index in [1.807, 2.05) is 30.3 Å². The summed E-state index contributed by atoms with van der Waals surface area (Å²) >= 11 is 0. The molecular weight excluding hydrogens is 419 g/mol. The summed E-state index contributed by atoms with van der Waals surface area (Å²) in [5.74, 6) is 0.189. The second-order valence-electron chi connectivity index (χ2n) is 8.53. The van der Waals surface area contributed by atoms with E-state index in [1.165, 1.54) is 28.1 Å². The molecule has 0 N–H and O–H groups in total. The SMILES string of the molecule is FC(F)CC1=C[C@@H]2CC=c3c(ccc4cc(-c5ccc(C(F)(F)F)cc5)ccc34)=C2CC1. The van der Waals surface area contributed by atoms with Crippen molar-refractivity contribution in [2.45, 2.75) is 38.3 Å². The predicted molar refractivity (Wildman–Crippen MR) is 118 cm³/mol. The molecule has 32 heavy (non-hydrogen) atoms. The predicted octanol–water partition coefficient (Wildman–Crippen LogP) is 6.85. The minimum absolute atomic E-state index is 0.138. The van der Waals surface area contributed by atoms with E-state index in [0.717, 1.165) is 52.4 Å². The molecule has 0 spiro atoms. The van der Waals surface area contributed by atoms with Gasteiger partial charge in [0.15, 0.2) is 0 Å². The highest BCUT2D eigenvalue weighted by molar-refractivity contribution is 5.89. The normalized spacial score (nSPS) is 18.2. The van der Waals surface area contributed by atoms with Gasteiger partial charge < -0.3 is 0 Å². The molecule has 1 atom stereocenters. The van der Waals surface area contributed by atoms with Crippen LogP contribution >= 0.6 is 0 Å². The summed E-state index contributed by atoms with van der Waals surface area (Å²) in [7, 11) is 0. The van der Waals surface area contributed by atoms with E-state index in [4.69, 9.17) is 0 Å². The first-order valence-corrected chi connectivity index (χ1v) is 10.7. The molecule has 0 fully saturated rings. The highest BCUT2D eigenvalue weighted by Gasteiger charge is 2.30. The minimum atomic E-state index is -4.35. The molecule has 0 aromatic heterocycles. The fourth-order valence-electron chi connectivity index (χ4n) is 4.99. The Morgan fingerprint density at radius 1 is 0.875 bits per heavy atom. The number of fused-ring (bicyclic) bond motifs is 4. The summed E-state index contributed by atoms with van der Waals surface area (Å²) in [4.78, 5) is 0. The zero-order valence-corrected chi connectivity index (χ0v) is 17.2. The molecule has 3 aromatic carbocycles. The van der Waals surface area contributed by atoms with Crippen LogP contribution in [-0.4, -0.2) is 6.43 Å². The van der Waals surface area contributed by atoms with Crippen LogP contribution in [-0.2, 0) is 6.18 Å². The van der Waals surface area contributed by atoms with Crippen LogP contribution in [0.4, 0.5) is 22.0 Å². The number of rotatable bonds is 3. The molecule has 0 aliphatic heterocycles. The zero-order chi connectivity index (χ0) is 22.5. The third kappa shape index (κ3) is 3.85. The lowest BCUT2D eigenvalue weighted by Gasteiger charge is -2.27. The number of halogens is 5. The van der Waals surface area contributed by atoms with Crippen molar-refractivity contribution in [3.8, 4) is 11.1 Å². The smallest absolute Gasteiger partial charge is 0.210 e. The van der Waals surface area contributed by atoms with Gasteiger partial charge in [-0.15, -0.1) is 0 Å². The maximum Gasteiger partial charge on any atom is 0.416 e. The Bertz CT molecular complexity index is 1330. The van der Waals surface area contributed by atoms with Gasteiger partial charge in [-0.25, -0.2) is 8.78 Å². The topological polar surface area (TPSA) is 0 Å². The molecular formula is C27H21F5. The second kappa shape index (κ2) is 7.88. The number of allylic oxidation sites excluding steroid dienone is 2.